The van der Waals surface area contributed by atoms with Crippen molar-refractivity contribution in [2.75, 3.05) is 0 Å². The summed E-state index contributed by atoms with van der Waals surface area (Å²) in [5.74, 6) is 2.07. The molecule has 0 aromatic carbocycles. The van der Waals surface area contributed by atoms with Crippen molar-refractivity contribution < 1.29 is 5.11 Å². The third-order valence-electron chi connectivity index (χ3n) is 5.05. The number of aliphatic hydroxyl groups is 1. The highest BCUT2D eigenvalue weighted by atomic mass is 16.3. The Morgan fingerprint density at radius 1 is 1.00 bits per heavy atom. The summed E-state index contributed by atoms with van der Waals surface area (Å²) in [6.45, 7) is 4.51. The zero-order chi connectivity index (χ0) is 12.3. The minimum absolute atomic E-state index is 0.325. The van der Waals surface area contributed by atoms with Crippen LogP contribution in [-0.4, -0.2) is 10.7 Å². The van der Waals surface area contributed by atoms with Crippen molar-refractivity contribution in [2.24, 2.45) is 17.8 Å². The van der Waals surface area contributed by atoms with Crippen LogP contribution in [0, 0.1) is 17.8 Å². The summed E-state index contributed by atoms with van der Waals surface area (Å²) in [4.78, 5) is 0. The highest BCUT2D eigenvalue weighted by Gasteiger charge is 2.43. The second-order valence-electron chi connectivity index (χ2n) is 6.95. The average Bonchev–Trinajstić information content (AvgIpc) is 2.29. The van der Waals surface area contributed by atoms with Crippen molar-refractivity contribution in [2.45, 2.75) is 83.7 Å². The van der Waals surface area contributed by atoms with Gasteiger partial charge in [0.05, 0.1) is 5.60 Å². The quantitative estimate of drug-likeness (QED) is 0.765. The smallest absolute Gasteiger partial charge is 0.0680 e. The Balaban J connectivity index is 2.04. The molecule has 0 bridgehead atoms. The molecule has 1 N–H and O–H groups in total. The topological polar surface area (TPSA) is 20.2 Å². The second kappa shape index (κ2) is 5.73. The van der Waals surface area contributed by atoms with Gasteiger partial charge in [-0.15, -0.1) is 0 Å². The molecule has 2 saturated carbocycles. The molecular weight excluding hydrogens is 208 g/mol. The molecule has 0 radical (unpaired) electrons. The predicted molar refractivity (Wildman–Crippen MR) is 72.9 cm³/mol. The van der Waals surface area contributed by atoms with E-state index in [-0.39, 0.29) is 5.60 Å². The van der Waals surface area contributed by atoms with E-state index in [2.05, 4.69) is 13.8 Å². The molecule has 2 fully saturated rings. The molecule has 0 heterocycles. The van der Waals surface area contributed by atoms with Crippen LogP contribution in [0.15, 0.2) is 0 Å². The molecule has 0 saturated heterocycles. The lowest BCUT2D eigenvalue weighted by atomic mass is 9.63. The van der Waals surface area contributed by atoms with Gasteiger partial charge < -0.3 is 5.11 Å². The van der Waals surface area contributed by atoms with E-state index >= 15 is 0 Å². The molecule has 1 nitrogen and oxygen atoms in total. The Morgan fingerprint density at radius 2 is 1.65 bits per heavy atom. The van der Waals surface area contributed by atoms with Gasteiger partial charge in [0.2, 0.25) is 0 Å². The summed E-state index contributed by atoms with van der Waals surface area (Å²) in [5.41, 5.74) is -0.325. The average molecular weight is 238 g/mol. The van der Waals surface area contributed by atoms with Crippen molar-refractivity contribution in [3.05, 3.63) is 0 Å². The molecule has 1 heteroatoms. The molecule has 17 heavy (non-hydrogen) atoms. The van der Waals surface area contributed by atoms with Crippen molar-refractivity contribution in [1.82, 2.24) is 0 Å². The van der Waals surface area contributed by atoms with Gasteiger partial charge >= 0.3 is 0 Å². The summed E-state index contributed by atoms with van der Waals surface area (Å²) >= 11 is 0. The Labute approximate surface area is 107 Å². The van der Waals surface area contributed by atoms with E-state index in [1.54, 1.807) is 0 Å². The molecule has 2 rings (SSSR count). The fourth-order valence-corrected chi connectivity index (χ4v) is 4.42. The minimum Gasteiger partial charge on any atom is -0.390 e. The monoisotopic (exact) mass is 238 g/mol. The van der Waals surface area contributed by atoms with Crippen molar-refractivity contribution in [3.8, 4) is 0 Å². The number of hydrogen-bond donors (Lipinski definition) is 1. The largest absolute Gasteiger partial charge is 0.390 e. The van der Waals surface area contributed by atoms with Crippen molar-refractivity contribution >= 4 is 0 Å². The highest BCUT2D eigenvalue weighted by molar-refractivity contribution is 4.94. The molecule has 0 amide bonds. The molecule has 2 aliphatic rings. The van der Waals surface area contributed by atoms with Crippen LogP contribution in [0.1, 0.15) is 78.1 Å². The van der Waals surface area contributed by atoms with E-state index in [1.807, 2.05) is 0 Å². The van der Waals surface area contributed by atoms with Crippen molar-refractivity contribution in [3.63, 3.8) is 0 Å². The minimum atomic E-state index is -0.325. The van der Waals surface area contributed by atoms with Crippen LogP contribution in [0.4, 0.5) is 0 Å². The maximum Gasteiger partial charge on any atom is 0.0680 e. The van der Waals surface area contributed by atoms with E-state index in [9.17, 15) is 5.11 Å². The molecule has 2 unspecified atom stereocenters. The zero-order valence-electron chi connectivity index (χ0n) is 11.8. The lowest BCUT2D eigenvalue weighted by molar-refractivity contribution is -0.0899. The maximum absolute atomic E-state index is 11.1. The van der Waals surface area contributed by atoms with Crippen LogP contribution in [-0.2, 0) is 0 Å². The first-order valence-electron chi connectivity index (χ1n) is 7.84. The van der Waals surface area contributed by atoms with Gasteiger partial charge in [0, 0.05) is 0 Å². The molecule has 2 atom stereocenters. The van der Waals surface area contributed by atoms with E-state index in [4.69, 9.17) is 0 Å². The lowest BCUT2D eigenvalue weighted by Crippen LogP contribution is -2.45. The summed E-state index contributed by atoms with van der Waals surface area (Å²) in [6.07, 6.45) is 12.9. The molecule has 0 aliphatic heterocycles. The van der Waals surface area contributed by atoms with Gasteiger partial charge in [-0.05, 0) is 37.0 Å². The van der Waals surface area contributed by atoms with Crippen LogP contribution >= 0.6 is 0 Å². The Hall–Kier alpha value is -0.0400. The summed E-state index contributed by atoms with van der Waals surface area (Å²) < 4.78 is 0. The third kappa shape index (κ3) is 3.24. The third-order valence-corrected chi connectivity index (χ3v) is 5.05. The number of hydrogen-bond acceptors (Lipinski definition) is 1. The highest BCUT2D eigenvalue weighted by Crippen LogP contribution is 2.46. The fraction of sp³-hybridized carbons (Fsp3) is 1.00. The Bertz CT molecular complexity index is 230. The van der Waals surface area contributed by atoms with E-state index in [0.29, 0.717) is 11.8 Å². The Kier molecular flexibility index (Phi) is 4.52. The van der Waals surface area contributed by atoms with E-state index in [1.165, 1.54) is 51.4 Å². The van der Waals surface area contributed by atoms with Gasteiger partial charge in [-0.1, -0.05) is 58.8 Å². The van der Waals surface area contributed by atoms with Crippen LogP contribution in [0.5, 0.6) is 0 Å². The van der Waals surface area contributed by atoms with Crippen LogP contribution in [0.2, 0.25) is 0 Å². The SMILES string of the molecule is CC(C)CC1(O)CCCCC1C1CCCCC1. The zero-order valence-corrected chi connectivity index (χ0v) is 11.8. The van der Waals surface area contributed by atoms with Crippen LogP contribution < -0.4 is 0 Å². The summed E-state index contributed by atoms with van der Waals surface area (Å²) in [5, 5.41) is 11.1. The first kappa shape index (κ1) is 13.4. The summed E-state index contributed by atoms with van der Waals surface area (Å²) in [7, 11) is 0. The molecule has 100 valence electrons. The van der Waals surface area contributed by atoms with Gasteiger partial charge in [-0.2, -0.15) is 0 Å². The van der Waals surface area contributed by atoms with Gasteiger partial charge in [0.1, 0.15) is 0 Å². The van der Waals surface area contributed by atoms with Crippen LogP contribution in [0.3, 0.4) is 0 Å². The predicted octanol–water partition coefficient (Wildman–Crippen LogP) is 4.53. The van der Waals surface area contributed by atoms with Crippen molar-refractivity contribution in [1.29, 1.82) is 0 Å². The van der Waals surface area contributed by atoms with Gasteiger partial charge in [-0.3, -0.25) is 0 Å². The van der Waals surface area contributed by atoms with Gasteiger partial charge in [-0.25, -0.2) is 0 Å². The molecule has 2 aliphatic carbocycles. The Morgan fingerprint density at radius 3 is 2.29 bits per heavy atom. The molecular formula is C16H30O. The first-order valence-corrected chi connectivity index (χ1v) is 7.84. The lowest BCUT2D eigenvalue weighted by Gasteiger charge is -2.46. The van der Waals surface area contributed by atoms with E-state index in [0.717, 1.165) is 18.8 Å². The second-order valence-corrected chi connectivity index (χ2v) is 6.95. The summed E-state index contributed by atoms with van der Waals surface area (Å²) in [6, 6.07) is 0. The standard InChI is InChI=1S/C16H30O/c1-13(2)12-16(17)11-7-6-10-15(16)14-8-4-3-5-9-14/h13-15,17H,3-12H2,1-2H3. The van der Waals surface area contributed by atoms with E-state index < -0.39 is 0 Å². The molecule has 0 aromatic heterocycles. The van der Waals surface area contributed by atoms with Crippen LogP contribution in [0.25, 0.3) is 0 Å². The normalized spacial score (nSPS) is 36.4. The number of rotatable bonds is 3. The first-order chi connectivity index (χ1) is 8.12. The molecule has 0 aromatic rings. The van der Waals surface area contributed by atoms with Gasteiger partial charge in [0.25, 0.3) is 0 Å². The van der Waals surface area contributed by atoms with Gasteiger partial charge in [0.15, 0.2) is 0 Å². The molecule has 0 spiro atoms. The fourth-order valence-electron chi connectivity index (χ4n) is 4.42. The maximum atomic E-state index is 11.1.